The molecule has 0 amide bonds. The highest BCUT2D eigenvalue weighted by Crippen LogP contribution is 2.35. The maximum atomic E-state index is 12.9. The Bertz CT molecular complexity index is 397. The highest BCUT2D eigenvalue weighted by atomic mass is 19.4. The molecule has 0 aliphatic carbocycles. The molecule has 1 rings (SSSR count). The Kier molecular flexibility index (Phi) is 4.79. The number of benzene rings is 1. The first-order chi connectivity index (χ1) is 8.21. The lowest BCUT2D eigenvalue weighted by molar-refractivity contribution is -0.138. The van der Waals surface area contributed by atoms with Gasteiger partial charge in [-0.3, -0.25) is 0 Å². The van der Waals surface area contributed by atoms with Gasteiger partial charge in [-0.25, -0.2) is 0 Å². The van der Waals surface area contributed by atoms with Gasteiger partial charge in [0.2, 0.25) is 0 Å². The van der Waals surface area contributed by atoms with Crippen molar-refractivity contribution < 1.29 is 13.2 Å². The Morgan fingerprint density at radius 3 is 2.28 bits per heavy atom. The smallest absolute Gasteiger partial charge is 0.324 e. The van der Waals surface area contributed by atoms with Crippen LogP contribution < -0.4 is 5.73 Å². The lowest BCUT2D eigenvalue weighted by Crippen LogP contribution is -2.18. The molecular weight excluding hydrogens is 239 g/mol. The second-order valence-corrected chi connectivity index (χ2v) is 5.17. The Labute approximate surface area is 106 Å². The first kappa shape index (κ1) is 15.0. The second-order valence-electron chi connectivity index (χ2n) is 5.17. The van der Waals surface area contributed by atoms with Gasteiger partial charge in [-0.2, -0.15) is 13.2 Å². The molecule has 1 unspecified atom stereocenters. The van der Waals surface area contributed by atoms with Gasteiger partial charge in [-0.1, -0.05) is 31.5 Å². The molecular formula is C14H20F3N. The Balaban J connectivity index is 3.00. The predicted molar refractivity (Wildman–Crippen MR) is 67.2 cm³/mol. The van der Waals surface area contributed by atoms with Crippen molar-refractivity contribution in [2.75, 3.05) is 0 Å². The molecule has 0 heterocycles. The molecule has 0 radical (unpaired) electrons. The summed E-state index contributed by atoms with van der Waals surface area (Å²) in [6, 6.07) is 3.80. The van der Waals surface area contributed by atoms with Gasteiger partial charge in [0.25, 0.3) is 0 Å². The van der Waals surface area contributed by atoms with E-state index in [1.807, 2.05) is 13.8 Å². The third-order valence-electron chi connectivity index (χ3n) is 2.97. The van der Waals surface area contributed by atoms with Crippen molar-refractivity contribution in [1.29, 1.82) is 0 Å². The topological polar surface area (TPSA) is 26.0 Å². The lowest BCUT2D eigenvalue weighted by atomic mass is 9.93. The summed E-state index contributed by atoms with van der Waals surface area (Å²) in [7, 11) is 0. The number of alkyl halides is 3. The molecule has 1 nitrogen and oxygen atoms in total. The van der Waals surface area contributed by atoms with Crippen LogP contribution in [0.1, 0.15) is 49.4 Å². The van der Waals surface area contributed by atoms with Crippen LogP contribution >= 0.6 is 0 Å². The zero-order valence-corrected chi connectivity index (χ0v) is 11.0. The third kappa shape index (κ3) is 4.02. The van der Waals surface area contributed by atoms with Crippen molar-refractivity contribution in [2.24, 2.45) is 11.7 Å². The Morgan fingerprint density at radius 2 is 1.78 bits per heavy atom. The van der Waals surface area contributed by atoms with Gasteiger partial charge in [0.15, 0.2) is 0 Å². The molecule has 1 atom stereocenters. The van der Waals surface area contributed by atoms with E-state index in [0.717, 1.165) is 6.42 Å². The summed E-state index contributed by atoms with van der Waals surface area (Å²) in [4.78, 5) is 0. The zero-order chi connectivity index (χ0) is 13.9. The van der Waals surface area contributed by atoms with Crippen molar-refractivity contribution in [3.63, 3.8) is 0 Å². The van der Waals surface area contributed by atoms with Crippen molar-refractivity contribution in [1.82, 2.24) is 0 Å². The highest BCUT2D eigenvalue weighted by Gasteiger charge is 2.34. The SMILES string of the molecule is Cc1ccc(C(N)CCC(C)C)c(C(F)(F)F)c1. The maximum absolute atomic E-state index is 12.9. The number of hydrogen-bond acceptors (Lipinski definition) is 1. The van der Waals surface area contributed by atoms with Crippen LogP contribution in [0.5, 0.6) is 0 Å². The average molecular weight is 259 g/mol. The molecule has 0 aliphatic heterocycles. The van der Waals surface area contributed by atoms with Crippen LogP contribution in [-0.4, -0.2) is 0 Å². The van der Waals surface area contributed by atoms with E-state index in [2.05, 4.69) is 0 Å². The fraction of sp³-hybridized carbons (Fsp3) is 0.571. The summed E-state index contributed by atoms with van der Waals surface area (Å²) in [5.74, 6) is 0.441. The van der Waals surface area contributed by atoms with Crippen LogP contribution in [0.15, 0.2) is 18.2 Å². The minimum atomic E-state index is -4.34. The van der Waals surface area contributed by atoms with E-state index in [1.165, 1.54) is 12.1 Å². The molecule has 4 heteroatoms. The first-order valence-electron chi connectivity index (χ1n) is 6.15. The van der Waals surface area contributed by atoms with Crippen molar-refractivity contribution in [3.05, 3.63) is 34.9 Å². The molecule has 102 valence electrons. The van der Waals surface area contributed by atoms with Gasteiger partial charge >= 0.3 is 6.18 Å². The zero-order valence-electron chi connectivity index (χ0n) is 11.0. The van der Waals surface area contributed by atoms with Crippen LogP contribution in [0.3, 0.4) is 0 Å². The molecule has 1 aromatic rings. The van der Waals surface area contributed by atoms with Gasteiger partial charge in [0.1, 0.15) is 0 Å². The summed E-state index contributed by atoms with van der Waals surface area (Å²) >= 11 is 0. The number of nitrogens with two attached hydrogens (primary N) is 1. The quantitative estimate of drug-likeness (QED) is 0.849. The standard InChI is InChI=1S/C14H20F3N/c1-9(2)4-7-13(18)11-6-5-10(3)8-12(11)14(15,16)17/h5-6,8-9,13H,4,7,18H2,1-3H3. The third-order valence-corrected chi connectivity index (χ3v) is 2.97. The fourth-order valence-corrected chi connectivity index (χ4v) is 1.91. The molecule has 18 heavy (non-hydrogen) atoms. The van der Waals surface area contributed by atoms with E-state index in [9.17, 15) is 13.2 Å². The van der Waals surface area contributed by atoms with Crippen molar-refractivity contribution in [3.8, 4) is 0 Å². The summed E-state index contributed by atoms with van der Waals surface area (Å²) in [6.07, 6.45) is -2.94. The normalized spacial score (nSPS) is 14.0. The minimum Gasteiger partial charge on any atom is -0.324 e. The van der Waals surface area contributed by atoms with E-state index in [0.29, 0.717) is 17.9 Å². The fourth-order valence-electron chi connectivity index (χ4n) is 1.91. The van der Waals surface area contributed by atoms with Crippen molar-refractivity contribution in [2.45, 2.75) is 45.8 Å². The number of aryl methyl sites for hydroxylation is 1. The van der Waals surface area contributed by atoms with Gasteiger partial charge in [0, 0.05) is 6.04 Å². The molecule has 1 aromatic carbocycles. The largest absolute Gasteiger partial charge is 0.416 e. The van der Waals surface area contributed by atoms with E-state index in [-0.39, 0.29) is 5.56 Å². The molecule has 0 bridgehead atoms. The van der Waals surface area contributed by atoms with E-state index in [1.54, 1.807) is 13.0 Å². The minimum absolute atomic E-state index is 0.203. The van der Waals surface area contributed by atoms with Gasteiger partial charge in [0.05, 0.1) is 5.56 Å². The molecule has 0 saturated carbocycles. The van der Waals surface area contributed by atoms with E-state index in [4.69, 9.17) is 5.73 Å². The summed E-state index contributed by atoms with van der Waals surface area (Å²) in [6.45, 7) is 5.72. The molecule has 2 N–H and O–H groups in total. The predicted octanol–water partition coefficient (Wildman–Crippen LogP) is 4.45. The summed E-state index contributed by atoms with van der Waals surface area (Å²) in [5.41, 5.74) is 6.09. The molecule has 0 saturated heterocycles. The molecule has 0 spiro atoms. The molecule has 0 fully saturated rings. The van der Waals surface area contributed by atoms with Crippen LogP contribution in [0.25, 0.3) is 0 Å². The van der Waals surface area contributed by atoms with Gasteiger partial charge in [-0.15, -0.1) is 0 Å². The van der Waals surface area contributed by atoms with Crippen LogP contribution in [0, 0.1) is 12.8 Å². The van der Waals surface area contributed by atoms with E-state index >= 15 is 0 Å². The first-order valence-corrected chi connectivity index (χ1v) is 6.15. The van der Waals surface area contributed by atoms with Gasteiger partial charge < -0.3 is 5.73 Å². The highest BCUT2D eigenvalue weighted by molar-refractivity contribution is 5.35. The maximum Gasteiger partial charge on any atom is 0.416 e. The summed E-state index contributed by atoms with van der Waals surface area (Å²) in [5, 5.41) is 0. The lowest BCUT2D eigenvalue weighted by Gasteiger charge is -2.19. The van der Waals surface area contributed by atoms with Crippen LogP contribution in [-0.2, 0) is 6.18 Å². The second kappa shape index (κ2) is 5.74. The molecule has 0 aliphatic rings. The Morgan fingerprint density at radius 1 is 1.17 bits per heavy atom. The number of hydrogen-bond donors (Lipinski definition) is 1. The number of halogens is 3. The van der Waals surface area contributed by atoms with Crippen molar-refractivity contribution >= 4 is 0 Å². The monoisotopic (exact) mass is 259 g/mol. The molecule has 0 aromatic heterocycles. The summed E-state index contributed by atoms with van der Waals surface area (Å²) < 4.78 is 38.8. The number of rotatable bonds is 4. The van der Waals surface area contributed by atoms with Gasteiger partial charge in [-0.05, 0) is 37.3 Å². The Hall–Kier alpha value is -1.03. The van der Waals surface area contributed by atoms with Crippen LogP contribution in [0.2, 0.25) is 0 Å². The average Bonchev–Trinajstić information content (AvgIpc) is 2.24. The van der Waals surface area contributed by atoms with Crippen LogP contribution in [0.4, 0.5) is 13.2 Å². The van der Waals surface area contributed by atoms with E-state index < -0.39 is 17.8 Å².